The second-order valence-corrected chi connectivity index (χ2v) is 7.49. The predicted molar refractivity (Wildman–Crippen MR) is 85.7 cm³/mol. The molecular weight excluding hydrogens is 296 g/mol. The van der Waals surface area contributed by atoms with Crippen molar-refractivity contribution in [3.8, 4) is 5.75 Å². The van der Waals surface area contributed by atoms with Gasteiger partial charge in [0.05, 0.1) is 5.75 Å². The summed E-state index contributed by atoms with van der Waals surface area (Å²) in [6.45, 7) is 2.58. The van der Waals surface area contributed by atoms with Crippen molar-refractivity contribution in [1.29, 1.82) is 0 Å². The molecule has 5 nitrogen and oxygen atoms in total. The number of nitrogen functional groups attached to an aromatic ring is 1. The zero-order valence-electron chi connectivity index (χ0n) is 11.8. The lowest BCUT2D eigenvalue weighted by Crippen LogP contribution is -2.33. The lowest BCUT2D eigenvalue weighted by molar-refractivity contribution is 0.340. The van der Waals surface area contributed by atoms with Gasteiger partial charge in [-0.2, -0.15) is 11.8 Å². The number of hydrogen-bond acceptors (Lipinski definition) is 5. The highest BCUT2D eigenvalue weighted by molar-refractivity contribution is 7.98. The Kier molecular flexibility index (Phi) is 7.18. The zero-order chi connectivity index (χ0) is 15.0. The number of anilines is 1. The number of ether oxygens (including phenoxy) is 1. The van der Waals surface area contributed by atoms with Gasteiger partial charge in [0.2, 0.25) is 10.0 Å². The van der Waals surface area contributed by atoms with Crippen LogP contribution in [0.1, 0.15) is 6.92 Å². The van der Waals surface area contributed by atoms with Gasteiger partial charge in [0.15, 0.2) is 0 Å². The van der Waals surface area contributed by atoms with E-state index in [2.05, 4.69) is 4.72 Å². The number of hydrogen-bond donors (Lipinski definition) is 2. The number of nitrogens with one attached hydrogen (secondary N) is 1. The topological polar surface area (TPSA) is 81.4 Å². The van der Waals surface area contributed by atoms with Crippen LogP contribution in [0.25, 0.3) is 0 Å². The van der Waals surface area contributed by atoms with Gasteiger partial charge in [0.1, 0.15) is 12.4 Å². The molecule has 114 valence electrons. The Morgan fingerprint density at radius 3 is 2.85 bits per heavy atom. The summed E-state index contributed by atoms with van der Waals surface area (Å²) >= 11 is 1.71. The molecule has 1 atom stereocenters. The number of thioether (sulfide) groups is 1. The van der Waals surface area contributed by atoms with Crippen LogP contribution in [0.4, 0.5) is 5.69 Å². The van der Waals surface area contributed by atoms with Gasteiger partial charge >= 0.3 is 0 Å². The van der Waals surface area contributed by atoms with E-state index in [9.17, 15) is 8.42 Å². The number of nitrogens with two attached hydrogens (primary N) is 1. The highest BCUT2D eigenvalue weighted by atomic mass is 32.2. The van der Waals surface area contributed by atoms with Crippen molar-refractivity contribution in [3.63, 3.8) is 0 Å². The maximum atomic E-state index is 11.8. The van der Waals surface area contributed by atoms with Crippen LogP contribution in [0, 0.1) is 5.92 Å². The van der Waals surface area contributed by atoms with E-state index in [1.165, 1.54) is 0 Å². The van der Waals surface area contributed by atoms with E-state index in [0.717, 1.165) is 5.75 Å². The summed E-state index contributed by atoms with van der Waals surface area (Å²) in [6.07, 6.45) is 2.00. The van der Waals surface area contributed by atoms with Crippen LogP contribution in [0.15, 0.2) is 24.3 Å². The van der Waals surface area contributed by atoms with Gasteiger partial charge < -0.3 is 10.5 Å². The van der Waals surface area contributed by atoms with Gasteiger partial charge in [-0.05, 0) is 30.1 Å². The highest BCUT2D eigenvalue weighted by Gasteiger charge is 2.12. The van der Waals surface area contributed by atoms with Crippen LogP contribution >= 0.6 is 11.8 Å². The monoisotopic (exact) mass is 318 g/mol. The molecule has 20 heavy (non-hydrogen) atoms. The normalized spacial score (nSPS) is 13.1. The van der Waals surface area contributed by atoms with E-state index in [1.807, 2.05) is 13.2 Å². The van der Waals surface area contributed by atoms with Crippen LogP contribution in [0.2, 0.25) is 0 Å². The molecule has 0 aliphatic rings. The average molecular weight is 318 g/mol. The van der Waals surface area contributed by atoms with E-state index in [-0.39, 0.29) is 12.4 Å². The summed E-state index contributed by atoms with van der Waals surface area (Å²) in [6, 6.07) is 6.93. The molecule has 0 aliphatic heterocycles. The quantitative estimate of drug-likeness (QED) is 0.675. The largest absolute Gasteiger partial charge is 0.492 e. The van der Waals surface area contributed by atoms with Crippen LogP contribution in [-0.4, -0.2) is 39.3 Å². The molecular formula is C13H22N2O3S2. The molecule has 0 spiro atoms. The maximum absolute atomic E-state index is 11.8. The zero-order valence-corrected chi connectivity index (χ0v) is 13.5. The van der Waals surface area contributed by atoms with E-state index >= 15 is 0 Å². The first-order chi connectivity index (χ1) is 9.43. The van der Waals surface area contributed by atoms with Gasteiger partial charge in [0.25, 0.3) is 0 Å². The Morgan fingerprint density at radius 1 is 1.45 bits per heavy atom. The van der Waals surface area contributed by atoms with E-state index in [0.29, 0.717) is 23.9 Å². The Balaban J connectivity index is 2.32. The molecule has 0 fully saturated rings. The third-order valence-corrected chi connectivity index (χ3v) is 4.79. The summed E-state index contributed by atoms with van der Waals surface area (Å²) in [7, 11) is -3.29. The van der Waals surface area contributed by atoms with Crippen molar-refractivity contribution >= 4 is 27.5 Å². The summed E-state index contributed by atoms with van der Waals surface area (Å²) in [4.78, 5) is 0. The minimum atomic E-state index is -3.29. The Bertz CT molecular complexity index is 506. The van der Waals surface area contributed by atoms with Crippen molar-refractivity contribution in [3.05, 3.63) is 24.3 Å². The third-order valence-electron chi connectivity index (χ3n) is 2.58. The molecule has 0 aliphatic carbocycles. The summed E-state index contributed by atoms with van der Waals surface area (Å²) in [5.74, 6) is 1.77. The van der Waals surface area contributed by atoms with Crippen LogP contribution in [0.5, 0.6) is 5.75 Å². The lowest BCUT2D eigenvalue weighted by Gasteiger charge is -2.12. The molecule has 0 saturated carbocycles. The molecule has 0 saturated heterocycles. The molecule has 1 aromatic rings. The Morgan fingerprint density at radius 2 is 2.20 bits per heavy atom. The molecule has 0 bridgehead atoms. The molecule has 0 radical (unpaired) electrons. The van der Waals surface area contributed by atoms with Crippen molar-refractivity contribution < 1.29 is 13.2 Å². The maximum Gasteiger partial charge on any atom is 0.214 e. The molecule has 3 N–H and O–H groups in total. The summed E-state index contributed by atoms with van der Waals surface area (Å²) in [5.41, 5.74) is 6.21. The second-order valence-electron chi connectivity index (χ2n) is 4.65. The average Bonchev–Trinajstić information content (AvgIpc) is 2.37. The number of rotatable bonds is 9. The smallest absolute Gasteiger partial charge is 0.214 e. The minimum absolute atomic E-state index is 0.0617. The molecule has 7 heteroatoms. The van der Waals surface area contributed by atoms with Gasteiger partial charge in [0, 0.05) is 18.3 Å². The van der Waals surface area contributed by atoms with Crippen molar-refractivity contribution in [2.24, 2.45) is 5.92 Å². The Labute approximate surface area is 125 Å². The SMILES string of the molecule is CSCC(C)CNS(=O)(=O)CCOc1cccc(N)c1. The first kappa shape index (κ1) is 17.1. The van der Waals surface area contributed by atoms with Crippen LogP contribution in [0.3, 0.4) is 0 Å². The molecule has 1 aromatic carbocycles. The minimum Gasteiger partial charge on any atom is -0.492 e. The summed E-state index contributed by atoms with van der Waals surface area (Å²) in [5, 5.41) is 0. The van der Waals surface area contributed by atoms with E-state index in [1.54, 1.807) is 36.0 Å². The Hall–Kier alpha value is -0.920. The molecule has 0 amide bonds. The van der Waals surface area contributed by atoms with Crippen molar-refractivity contribution in [2.75, 3.05) is 36.6 Å². The summed E-state index contributed by atoms with van der Waals surface area (Å²) < 4.78 is 31.5. The van der Waals surface area contributed by atoms with E-state index < -0.39 is 10.0 Å². The van der Waals surface area contributed by atoms with Gasteiger partial charge in [-0.3, -0.25) is 0 Å². The number of sulfonamides is 1. The standard InChI is InChI=1S/C13H22N2O3S2/c1-11(10-19-2)9-15-20(16,17)7-6-18-13-5-3-4-12(14)8-13/h3-5,8,11,15H,6-7,9-10,14H2,1-2H3. The van der Waals surface area contributed by atoms with Crippen LogP contribution < -0.4 is 15.2 Å². The van der Waals surface area contributed by atoms with Gasteiger partial charge in [-0.15, -0.1) is 0 Å². The van der Waals surface area contributed by atoms with Gasteiger partial charge in [-0.1, -0.05) is 13.0 Å². The fraction of sp³-hybridized carbons (Fsp3) is 0.538. The predicted octanol–water partition coefficient (Wildman–Crippen LogP) is 1.57. The molecule has 1 unspecified atom stereocenters. The lowest BCUT2D eigenvalue weighted by atomic mass is 10.2. The third kappa shape index (κ3) is 7.02. The second kappa shape index (κ2) is 8.39. The van der Waals surface area contributed by atoms with Crippen LogP contribution in [-0.2, 0) is 10.0 Å². The van der Waals surface area contributed by atoms with Crippen molar-refractivity contribution in [1.82, 2.24) is 4.72 Å². The highest BCUT2D eigenvalue weighted by Crippen LogP contribution is 2.14. The molecule has 0 heterocycles. The van der Waals surface area contributed by atoms with Gasteiger partial charge in [-0.25, -0.2) is 13.1 Å². The fourth-order valence-electron chi connectivity index (χ4n) is 1.56. The molecule has 0 aromatic heterocycles. The first-order valence-corrected chi connectivity index (χ1v) is 9.42. The first-order valence-electron chi connectivity index (χ1n) is 6.37. The van der Waals surface area contributed by atoms with E-state index in [4.69, 9.17) is 10.5 Å². The number of benzene rings is 1. The molecule has 1 rings (SSSR count). The van der Waals surface area contributed by atoms with Crippen molar-refractivity contribution in [2.45, 2.75) is 6.92 Å². The fourth-order valence-corrected chi connectivity index (χ4v) is 3.23.